The lowest BCUT2D eigenvalue weighted by molar-refractivity contribution is 0.297. The van der Waals surface area contributed by atoms with E-state index in [1.165, 1.54) is 64.2 Å². The van der Waals surface area contributed by atoms with Crippen LogP contribution in [0.2, 0.25) is 0 Å². The van der Waals surface area contributed by atoms with Crippen molar-refractivity contribution in [1.82, 2.24) is 0 Å². The summed E-state index contributed by atoms with van der Waals surface area (Å²) in [6.07, 6.45) is 23.1. The summed E-state index contributed by atoms with van der Waals surface area (Å²) in [4.78, 5) is 0. The van der Waals surface area contributed by atoms with Gasteiger partial charge in [0, 0.05) is 0 Å². The fourth-order valence-corrected chi connectivity index (χ4v) is 3.91. The molecule has 0 bridgehead atoms. The van der Waals surface area contributed by atoms with E-state index in [0.29, 0.717) is 0 Å². The maximum absolute atomic E-state index is 3.93. The minimum absolute atomic E-state index is 0.791. The molecule has 0 unspecified atom stereocenters. The van der Waals surface area contributed by atoms with Gasteiger partial charge in [0.1, 0.15) is 0 Å². The van der Waals surface area contributed by atoms with Crippen LogP contribution in [0.1, 0.15) is 64.2 Å². The monoisotopic (exact) mass is 272 g/mol. The molecule has 0 aliphatic heterocycles. The van der Waals surface area contributed by atoms with Crippen LogP contribution >= 0.6 is 0 Å². The molecular formula is C20H32. The zero-order valence-corrected chi connectivity index (χ0v) is 13.1. The predicted molar refractivity (Wildman–Crippen MR) is 89.7 cm³/mol. The van der Waals surface area contributed by atoms with Gasteiger partial charge in [-0.3, -0.25) is 0 Å². The fourth-order valence-electron chi connectivity index (χ4n) is 3.91. The van der Waals surface area contributed by atoms with Crippen molar-refractivity contribution >= 4 is 0 Å². The zero-order valence-electron chi connectivity index (χ0n) is 13.1. The fraction of sp³-hybridized carbons (Fsp3) is 0.700. The van der Waals surface area contributed by atoms with E-state index >= 15 is 0 Å². The van der Waals surface area contributed by atoms with Gasteiger partial charge in [0.15, 0.2) is 0 Å². The molecule has 0 radical (unpaired) electrons. The minimum Gasteiger partial charge on any atom is -0.103 e. The molecule has 0 N–H and O–H groups in total. The van der Waals surface area contributed by atoms with E-state index in [0.717, 1.165) is 23.7 Å². The van der Waals surface area contributed by atoms with Crippen molar-refractivity contribution in [3.8, 4) is 0 Å². The highest BCUT2D eigenvalue weighted by atomic mass is 14.2. The van der Waals surface area contributed by atoms with Gasteiger partial charge in [-0.1, -0.05) is 24.3 Å². The first-order valence-electron chi connectivity index (χ1n) is 8.73. The second-order valence-corrected chi connectivity index (χ2v) is 6.93. The van der Waals surface area contributed by atoms with Gasteiger partial charge in [0.05, 0.1) is 0 Å². The summed E-state index contributed by atoms with van der Waals surface area (Å²) in [5.41, 5.74) is 0. The Bertz CT molecular complexity index is 309. The van der Waals surface area contributed by atoms with Crippen LogP contribution in [0, 0.1) is 23.7 Å². The van der Waals surface area contributed by atoms with Crippen molar-refractivity contribution in [1.29, 1.82) is 0 Å². The Kier molecular flexibility index (Phi) is 6.63. The Labute approximate surface area is 126 Å². The molecule has 2 rings (SSSR count). The highest BCUT2D eigenvalue weighted by molar-refractivity contribution is 4.94. The third kappa shape index (κ3) is 4.96. The van der Waals surface area contributed by atoms with Crippen LogP contribution < -0.4 is 0 Å². The molecule has 0 spiro atoms. The van der Waals surface area contributed by atoms with Gasteiger partial charge < -0.3 is 0 Å². The molecule has 0 atom stereocenters. The van der Waals surface area contributed by atoms with Crippen molar-refractivity contribution in [2.75, 3.05) is 0 Å². The third-order valence-electron chi connectivity index (χ3n) is 5.52. The smallest absolute Gasteiger partial charge is 0.0233 e. The van der Waals surface area contributed by atoms with Crippen molar-refractivity contribution in [2.45, 2.75) is 64.2 Å². The summed E-state index contributed by atoms with van der Waals surface area (Å²) < 4.78 is 0. The van der Waals surface area contributed by atoms with Crippen LogP contribution in [0.15, 0.2) is 37.5 Å². The van der Waals surface area contributed by atoms with Gasteiger partial charge in [-0.25, -0.2) is 0 Å². The molecule has 2 saturated carbocycles. The first-order chi connectivity index (χ1) is 9.81. The molecule has 0 heterocycles. The largest absolute Gasteiger partial charge is 0.103 e. The van der Waals surface area contributed by atoms with Crippen LogP contribution in [-0.4, -0.2) is 0 Å². The van der Waals surface area contributed by atoms with E-state index in [4.69, 9.17) is 0 Å². The summed E-state index contributed by atoms with van der Waals surface area (Å²) in [6, 6.07) is 0. The average molecular weight is 272 g/mol. The van der Waals surface area contributed by atoms with Crippen LogP contribution in [0.4, 0.5) is 0 Å². The molecule has 0 aromatic heterocycles. The van der Waals surface area contributed by atoms with Crippen LogP contribution in [0.3, 0.4) is 0 Å². The molecule has 2 fully saturated rings. The summed E-state index contributed by atoms with van der Waals surface area (Å²) in [7, 11) is 0. The quantitative estimate of drug-likeness (QED) is 0.497. The van der Waals surface area contributed by atoms with E-state index < -0.39 is 0 Å². The SMILES string of the molecule is C=C[C@H]1CC[C@H](/C=C/CC[C@H]2CC[C@H](C=C)CC2)CC1. The van der Waals surface area contributed by atoms with Crippen molar-refractivity contribution < 1.29 is 0 Å². The molecule has 0 amide bonds. The molecular weight excluding hydrogens is 240 g/mol. The summed E-state index contributed by atoms with van der Waals surface area (Å²) >= 11 is 0. The first kappa shape index (κ1) is 15.6. The van der Waals surface area contributed by atoms with Crippen LogP contribution in [-0.2, 0) is 0 Å². The number of allylic oxidation sites excluding steroid dienone is 4. The van der Waals surface area contributed by atoms with Gasteiger partial charge in [-0.05, 0) is 87.9 Å². The normalized spacial score (nSPS) is 35.0. The molecule has 0 nitrogen and oxygen atoms in total. The highest BCUT2D eigenvalue weighted by Crippen LogP contribution is 2.33. The highest BCUT2D eigenvalue weighted by Gasteiger charge is 2.19. The minimum atomic E-state index is 0.791. The topological polar surface area (TPSA) is 0 Å². The lowest BCUT2D eigenvalue weighted by Crippen LogP contribution is -2.12. The number of hydrogen-bond donors (Lipinski definition) is 0. The molecule has 0 heteroatoms. The van der Waals surface area contributed by atoms with E-state index in [1.54, 1.807) is 0 Å². The van der Waals surface area contributed by atoms with Crippen LogP contribution in [0.25, 0.3) is 0 Å². The van der Waals surface area contributed by atoms with Gasteiger partial charge in [-0.2, -0.15) is 0 Å². The second-order valence-electron chi connectivity index (χ2n) is 6.93. The van der Waals surface area contributed by atoms with Gasteiger partial charge in [0.2, 0.25) is 0 Å². The number of rotatable bonds is 6. The van der Waals surface area contributed by atoms with Gasteiger partial charge >= 0.3 is 0 Å². The lowest BCUT2D eigenvalue weighted by Gasteiger charge is -2.26. The summed E-state index contributed by atoms with van der Waals surface area (Å²) in [5.74, 6) is 3.43. The molecule has 2 aliphatic carbocycles. The zero-order chi connectivity index (χ0) is 14.2. The Hall–Kier alpha value is -0.780. The van der Waals surface area contributed by atoms with E-state index in [1.807, 2.05) is 0 Å². The van der Waals surface area contributed by atoms with Gasteiger partial charge in [-0.15, -0.1) is 13.2 Å². The summed E-state index contributed by atoms with van der Waals surface area (Å²) in [5, 5.41) is 0. The van der Waals surface area contributed by atoms with E-state index in [2.05, 4.69) is 37.5 Å². The third-order valence-corrected chi connectivity index (χ3v) is 5.52. The first-order valence-corrected chi connectivity index (χ1v) is 8.73. The standard InChI is InChI=1S/C20H32/c1-3-17-9-13-19(14-10-17)7-5-6-8-20-15-11-18(4-2)12-16-20/h3-5,7,17-20H,1-2,6,8-16H2/b7-5+/t17-,18-,19-,20-. The molecule has 0 saturated heterocycles. The maximum Gasteiger partial charge on any atom is -0.0233 e. The van der Waals surface area contributed by atoms with Crippen LogP contribution in [0.5, 0.6) is 0 Å². The molecule has 0 aromatic rings. The second kappa shape index (κ2) is 8.49. The Morgan fingerprint density at radius 2 is 1.20 bits per heavy atom. The van der Waals surface area contributed by atoms with Crippen molar-refractivity contribution in [3.05, 3.63) is 37.5 Å². The Balaban J connectivity index is 1.58. The molecule has 112 valence electrons. The average Bonchev–Trinajstić information content (AvgIpc) is 2.53. The van der Waals surface area contributed by atoms with E-state index in [9.17, 15) is 0 Å². The molecule has 0 aromatic carbocycles. The van der Waals surface area contributed by atoms with Crippen molar-refractivity contribution in [3.63, 3.8) is 0 Å². The number of hydrogen-bond acceptors (Lipinski definition) is 0. The lowest BCUT2D eigenvalue weighted by atomic mass is 9.79. The van der Waals surface area contributed by atoms with E-state index in [-0.39, 0.29) is 0 Å². The predicted octanol–water partition coefficient (Wildman–Crippen LogP) is 6.31. The van der Waals surface area contributed by atoms with Crippen molar-refractivity contribution in [2.24, 2.45) is 23.7 Å². The Morgan fingerprint density at radius 3 is 1.75 bits per heavy atom. The maximum atomic E-state index is 3.93. The Morgan fingerprint density at radius 1 is 0.700 bits per heavy atom. The summed E-state index contributed by atoms with van der Waals surface area (Å²) in [6.45, 7) is 7.85. The molecule has 20 heavy (non-hydrogen) atoms. The van der Waals surface area contributed by atoms with Gasteiger partial charge in [0.25, 0.3) is 0 Å². The molecule has 2 aliphatic rings.